The van der Waals surface area contributed by atoms with E-state index in [1.165, 1.54) is 6.92 Å². The summed E-state index contributed by atoms with van der Waals surface area (Å²) >= 11 is 0. The summed E-state index contributed by atoms with van der Waals surface area (Å²) in [6.45, 7) is 2.09. The highest BCUT2D eigenvalue weighted by atomic mass is 16.5. The van der Waals surface area contributed by atoms with Crippen LogP contribution < -0.4 is 9.64 Å². The predicted molar refractivity (Wildman–Crippen MR) is 71.2 cm³/mol. The minimum Gasteiger partial charge on any atom is -0.481 e. The molecule has 0 saturated heterocycles. The van der Waals surface area contributed by atoms with Crippen LogP contribution in [-0.4, -0.2) is 35.9 Å². The smallest absolute Gasteiger partial charge is 0.308 e. The van der Waals surface area contributed by atoms with Crippen molar-refractivity contribution in [1.82, 2.24) is 0 Å². The van der Waals surface area contributed by atoms with Gasteiger partial charge in [-0.25, -0.2) is 0 Å². The number of ether oxygens (including phenoxy) is 1. The van der Waals surface area contributed by atoms with Gasteiger partial charge in [0.2, 0.25) is 0 Å². The van der Waals surface area contributed by atoms with Crippen molar-refractivity contribution in [2.75, 3.05) is 18.0 Å². The van der Waals surface area contributed by atoms with Crippen LogP contribution in [0.1, 0.15) is 30.1 Å². The van der Waals surface area contributed by atoms with Crippen LogP contribution in [0.3, 0.4) is 0 Å². The highest BCUT2D eigenvalue weighted by molar-refractivity contribution is 6.03. The Morgan fingerprint density at radius 1 is 1.40 bits per heavy atom. The monoisotopic (exact) mass is 277 g/mol. The molecule has 0 aromatic heterocycles. The first-order valence-corrected chi connectivity index (χ1v) is 6.30. The van der Waals surface area contributed by atoms with Crippen LogP contribution in [0.5, 0.6) is 5.75 Å². The van der Waals surface area contributed by atoms with Gasteiger partial charge in [0.1, 0.15) is 5.75 Å². The molecular weight excluding hydrogens is 262 g/mol. The minimum absolute atomic E-state index is 0.00851. The second-order valence-corrected chi connectivity index (χ2v) is 4.58. The molecule has 1 aliphatic rings. The van der Waals surface area contributed by atoms with E-state index in [4.69, 9.17) is 9.84 Å². The Morgan fingerprint density at radius 3 is 2.80 bits per heavy atom. The van der Waals surface area contributed by atoms with Gasteiger partial charge in [-0.2, -0.15) is 0 Å². The van der Waals surface area contributed by atoms with E-state index in [1.807, 2.05) is 4.90 Å². The summed E-state index contributed by atoms with van der Waals surface area (Å²) in [5, 5.41) is 8.75. The van der Waals surface area contributed by atoms with E-state index in [9.17, 15) is 14.4 Å². The second kappa shape index (κ2) is 5.73. The Balaban J connectivity index is 2.29. The molecule has 1 N–H and O–H groups in total. The number of carboxylic acid groups (broad SMARTS) is 1. The lowest BCUT2D eigenvalue weighted by Gasteiger charge is -2.30. The van der Waals surface area contributed by atoms with Crippen molar-refractivity contribution in [3.05, 3.63) is 23.8 Å². The summed E-state index contributed by atoms with van der Waals surface area (Å²) in [6, 6.07) is 4.79. The number of carbonyl (C=O) groups excluding carboxylic acids is 2. The van der Waals surface area contributed by atoms with Gasteiger partial charge in [-0.1, -0.05) is 0 Å². The summed E-state index contributed by atoms with van der Waals surface area (Å²) in [5.41, 5.74) is 1.17. The number of fused-ring (bicyclic) bond motifs is 1. The fourth-order valence-corrected chi connectivity index (χ4v) is 2.19. The van der Waals surface area contributed by atoms with Crippen LogP contribution in [0.25, 0.3) is 0 Å². The summed E-state index contributed by atoms with van der Waals surface area (Å²) in [4.78, 5) is 35.3. The van der Waals surface area contributed by atoms with Crippen molar-refractivity contribution < 1.29 is 24.2 Å². The number of carbonyl (C=O) groups is 3. The van der Waals surface area contributed by atoms with Crippen LogP contribution in [0.15, 0.2) is 18.2 Å². The van der Waals surface area contributed by atoms with Gasteiger partial charge in [0, 0.05) is 38.1 Å². The summed E-state index contributed by atoms with van der Waals surface area (Å²) in [5.74, 6) is -0.962. The number of rotatable bonds is 4. The molecule has 20 heavy (non-hydrogen) atoms. The van der Waals surface area contributed by atoms with Crippen LogP contribution in [-0.2, 0) is 9.59 Å². The van der Waals surface area contributed by atoms with Crippen LogP contribution >= 0.6 is 0 Å². The number of nitrogens with zero attached hydrogens (tertiary/aromatic N) is 1. The maximum atomic E-state index is 11.9. The van der Waals surface area contributed by atoms with E-state index in [-0.39, 0.29) is 12.2 Å². The highest BCUT2D eigenvalue weighted by Crippen LogP contribution is 2.31. The molecule has 0 spiro atoms. The first-order chi connectivity index (χ1) is 9.47. The zero-order valence-electron chi connectivity index (χ0n) is 11.1. The van der Waals surface area contributed by atoms with E-state index >= 15 is 0 Å². The van der Waals surface area contributed by atoms with Crippen LogP contribution in [0.2, 0.25) is 0 Å². The fraction of sp³-hybridized carbons (Fsp3) is 0.357. The summed E-state index contributed by atoms with van der Waals surface area (Å²) < 4.78 is 5.00. The Kier molecular flexibility index (Phi) is 4.02. The molecule has 0 bridgehead atoms. The Bertz CT molecular complexity index is 567. The van der Waals surface area contributed by atoms with E-state index < -0.39 is 11.9 Å². The standard InChI is InChI=1S/C14H15NO5/c1-9(16)20-10-2-3-11-12(8-10)15(6-4-13(11)17)7-5-14(18)19/h2-3,8H,4-7H2,1H3,(H,18,19). The quantitative estimate of drug-likeness (QED) is 0.663. The van der Waals surface area contributed by atoms with Crippen molar-refractivity contribution in [2.45, 2.75) is 19.8 Å². The Hall–Kier alpha value is -2.37. The number of carboxylic acids is 1. The summed E-state index contributed by atoms with van der Waals surface area (Å²) in [6.07, 6.45) is 0.352. The zero-order chi connectivity index (χ0) is 14.7. The molecule has 0 saturated carbocycles. The predicted octanol–water partition coefficient (Wildman–Crippen LogP) is 1.48. The number of aliphatic carboxylic acids is 1. The highest BCUT2D eigenvalue weighted by Gasteiger charge is 2.24. The number of hydrogen-bond donors (Lipinski definition) is 1. The third-order valence-electron chi connectivity index (χ3n) is 3.08. The second-order valence-electron chi connectivity index (χ2n) is 4.58. The fourth-order valence-electron chi connectivity index (χ4n) is 2.19. The third kappa shape index (κ3) is 3.14. The van der Waals surface area contributed by atoms with E-state index in [1.54, 1.807) is 18.2 Å². The number of benzene rings is 1. The van der Waals surface area contributed by atoms with Gasteiger partial charge in [0.15, 0.2) is 5.78 Å². The molecule has 0 aliphatic carbocycles. The molecule has 1 aliphatic heterocycles. The van der Waals surface area contributed by atoms with Gasteiger partial charge >= 0.3 is 11.9 Å². The normalized spacial score (nSPS) is 13.8. The minimum atomic E-state index is -0.889. The van der Waals surface area contributed by atoms with Crippen LogP contribution in [0, 0.1) is 0 Å². The molecule has 6 nitrogen and oxygen atoms in total. The molecular formula is C14H15NO5. The summed E-state index contributed by atoms with van der Waals surface area (Å²) in [7, 11) is 0. The van der Waals surface area contributed by atoms with Crippen LogP contribution in [0.4, 0.5) is 5.69 Å². The first-order valence-electron chi connectivity index (χ1n) is 6.30. The first kappa shape index (κ1) is 14.0. The van der Waals surface area contributed by atoms with E-state index in [0.717, 1.165) is 0 Å². The molecule has 6 heteroatoms. The van der Waals surface area contributed by atoms with Crippen molar-refractivity contribution in [1.29, 1.82) is 0 Å². The molecule has 0 amide bonds. The van der Waals surface area contributed by atoms with Crippen molar-refractivity contribution in [3.8, 4) is 5.75 Å². The number of hydrogen-bond acceptors (Lipinski definition) is 5. The molecule has 0 unspecified atom stereocenters. The lowest BCUT2D eigenvalue weighted by molar-refractivity contribution is -0.136. The largest absolute Gasteiger partial charge is 0.481 e. The molecule has 1 heterocycles. The average Bonchev–Trinajstić information content (AvgIpc) is 2.37. The lowest BCUT2D eigenvalue weighted by Crippen LogP contribution is -2.33. The van der Waals surface area contributed by atoms with E-state index in [2.05, 4.69) is 0 Å². The Morgan fingerprint density at radius 2 is 2.15 bits per heavy atom. The molecule has 1 aromatic carbocycles. The molecule has 0 radical (unpaired) electrons. The van der Waals surface area contributed by atoms with Crippen molar-refractivity contribution in [3.63, 3.8) is 0 Å². The molecule has 106 valence electrons. The van der Waals surface area contributed by atoms with Gasteiger partial charge in [0.05, 0.1) is 12.1 Å². The molecule has 2 rings (SSSR count). The Labute approximate surface area is 115 Å². The maximum Gasteiger partial charge on any atom is 0.308 e. The molecule has 0 atom stereocenters. The van der Waals surface area contributed by atoms with Gasteiger partial charge in [0.25, 0.3) is 0 Å². The molecule has 1 aromatic rings. The maximum absolute atomic E-state index is 11.9. The van der Waals surface area contributed by atoms with Gasteiger partial charge in [-0.05, 0) is 12.1 Å². The number of esters is 1. The third-order valence-corrected chi connectivity index (χ3v) is 3.08. The number of anilines is 1. The van der Waals surface area contributed by atoms with Crippen molar-refractivity contribution in [2.24, 2.45) is 0 Å². The number of ketones is 1. The SMILES string of the molecule is CC(=O)Oc1ccc2c(c1)N(CCC(=O)O)CCC2=O. The van der Waals surface area contributed by atoms with Gasteiger partial charge in [-0.15, -0.1) is 0 Å². The van der Waals surface area contributed by atoms with E-state index in [0.29, 0.717) is 36.5 Å². The van der Waals surface area contributed by atoms with Crippen molar-refractivity contribution >= 4 is 23.4 Å². The van der Waals surface area contributed by atoms with Gasteiger partial charge < -0.3 is 14.7 Å². The zero-order valence-corrected chi connectivity index (χ0v) is 11.1. The lowest BCUT2D eigenvalue weighted by atomic mass is 10.00. The molecule has 0 fully saturated rings. The number of Topliss-reactive ketones (excluding diaryl/α,β-unsaturated/α-hetero) is 1. The average molecular weight is 277 g/mol. The van der Waals surface area contributed by atoms with Gasteiger partial charge in [-0.3, -0.25) is 14.4 Å². The topological polar surface area (TPSA) is 83.9 Å².